The lowest BCUT2D eigenvalue weighted by atomic mass is 10.1. The molecule has 5 atom stereocenters. The number of alkyl halides is 3. The van der Waals surface area contributed by atoms with Crippen molar-refractivity contribution < 1.29 is 22.4 Å². The number of anilines is 10. The standard InChI is InChI=1S/C19H17ClF3N5O.C19H19ClN6O2.C19H17ClN6O.C18H17Cl2N5O.C18H17ClFN5O/c1-9(26-16-12(19(21,22)23)8-25-18(24)27-16)14-7-10-3-2-4-13(20)15(10)17(29)28(14)11-5-6-11;1-9(24-17-12(16(21)27)8-23-19(22)25-17)14-7-10-3-2-4-13(20)15(10)18(28)26(14)11-5-6-11;1-10(24-17-12(8-21)9-23-19(22)25-17)15-7-11-3-2-4-14(20)16(11)18(27)26(15)13-5-6-13;1-9(22-15-8-14(21)23-18(20)24-15)13-7-10-3-2-4-12(19)16(10)17(26)25(13)11-5-6-11;1-9(23-16-13(20)8-22-18(21)24-16)14-7-10-3-2-4-12(19)15(10)17(26)25(14)11-5-6-11/h2-4,7-9,11H,5-6H2,1H3,(H3,24,25,26,27);2-4,7-9,11H,5-6H2,1H3,(H2,21,27)(H3,22,23,24,25);2-4,7,9-10,13H,5-6H2,1H3,(H3,22,23,24,25);2*2-4,7-9,11H,5-6H2,1H3,(H3,21,22,23,24)/t2*9-;10-;2*9-/m00000/s1. The molecule has 10 heterocycles. The van der Waals surface area contributed by atoms with Crippen LogP contribution in [0, 0.1) is 17.1 Å². The summed E-state index contributed by atoms with van der Waals surface area (Å²) in [6.45, 7) is 9.29. The predicted octanol–water partition coefficient (Wildman–Crippen LogP) is 18.5. The number of nitrogens with zero attached hydrogens (tertiary/aromatic N) is 16. The number of pyridine rings is 5. The average molecular weight is 1970 g/mol. The number of fused-ring (bicyclic) bond motifs is 5. The minimum Gasteiger partial charge on any atom is -0.383 e. The molecule has 20 rings (SSSR count). The van der Waals surface area contributed by atoms with Gasteiger partial charge in [0.1, 0.15) is 46.3 Å². The van der Waals surface area contributed by atoms with Crippen molar-refractivity contribution in [1.82, 2.24) is 72.7 Å². The second-order valence-electron chi connectivity index (χ2n) is 33.5. The molecule has 0 saturated heterocycles. The molecule has 15 aromatic rings. The second-order valence-corrected chi connectivity index (χ2v) is 35.9. The van der Waals surface area contributed by atoms with E-state index in [0.29, 0.717) is 86.5 Å². The second kappa shape index (κ2) is 39.1. The molecular weight excluding hydrogens is 1880 g/mol. The van der Waals surface area contributed by atoms with E-state index in [4.69, 9.17) is 104 Å². The van der Waals surface area contributed by atoms with Crippen molar-refractivity contribution in [3.05, 3.63) is 285 Å². The Hall–Kier alpha value is -14.0. The number of amides is 1. The van der Waals surface area contributed by atoms with E-state index < -0.39 is 35.3 Å². The highest BCUT2D eigenvalue weighted by Crippen LogP contribution is 2.45. The number of halogens is 10. The summed E-state index contributed by atoms with van der Waals surface area (Å²) in [5.74, 6) is -0.534. The van der Waals surface area contributed by atoms with Gasteiger partial charge in [0.15, 0.2) is 11.6 Å². The first-order valence-corrected chi connectivity index (χ1v) is 45.4. The molecular formula is C93H87Cl6F4N27O6. The van der Waals surface area contributed by atoms with Gasteiger partial charge in [-0.1, -0.05) is 119 Å². The van der Waals surface area contributed by atoms with Gasteiger partial charge in [0.2, 0.25) is 29.1 Å². The van der Waals surface area contributed by atoms with Crippen LogP contribution in [0.25, 0.3) is 53.9 Å². The third-order valence-electron chi connectivity index (χ3n) is 23.5. The molecule has 5 saturated carbocycles. The van der Waals surface area contributed by atoms with Gasteiger partial charge in [-0.2, -0.15) is 38.4 Å². The van der Waals surface area contributed by atoms with Gasteiger partial charge in [0, 0.05) is 77.1 Å². The van der Waals surface area contributed by atoms with Crippen LogP contribution in [0.15, 0.2) is 176 Å². The van der Waals surface area contributed by atoms with Gasteiger partial charge >= 0.3 is 6.18 Å². The summed E-state index contributed by atoms with van der Waals surface area (Å²) in [5, 5.41) is 33.1. The fourth-order valence-corrected chi connectivity index (χ4v) is 17.9. The van der Waals surface area contributed by atoms with E-state index in [0.717, 1.165) is 115 Å². The van der Waals surface area contributed by atoms with Crippen molar-refractivity contribution in [2.45, 2.75) is 165 Å². The maximum absolute atomic E-state index is 14.0. The van der Waals surface area contributed by atoms with Gasteiger partial charge in [-0.3, -0.25) is 28.8 Å². The third kappa shape index (κ3) is 20.6. The molecule has 136 heavy (non-hydrogen) atoms. The number of carbonyl (C=O) groups excluding carboxylic acids is 1. The van der Waals surface area contributed by atoms with Crippen LogP contribution in [0.3, 0.4) is 0 Å². The molecule has 0 aliphatic heterocycles. The van der Waals surface area contributed by atoms with Crippen LogP contribution in [-0.4, -0.2) is 78.6 Å². The molecule has 17 N–H and O–H groups in total. The van der Waals surface area contributed by atoms with Crippen LogP contribution in [0.2, 0.25) is 30.4 Å². The zero-order valence-corrected chi connectivity index (χ0v) is 77.7. The number of hydrogen-bond donors (Lipinski definition) is 11. The normalized spacial score (nSPS) is 15.1. The van der Waals surface area contributed by atoms with Crippen LogP contribution in [0.4, 0.5) is 76.3 Å². The Morgan fingerprint density at radius 3 is 1.01 bits per heavy atom. The number of nitrogen functional groups attached to an aromatic ring is 5. The Balaban J connectivity index is 0.000000123. The number of rotatable bonds is 21. The average Bonchev–Trinajstić information content (AvgIpc) is 1.32. The van der Waals surface area contributed by atoms with Crippen molar-refractivity contribution in [3.63, 3.8) is 0 Å². The Morgan fingerprint density at radius 1 is 0.397 bits per heavy atom. The molecule has 33 nitrogen and oxygen atoms in total. The maximum atomic E-state index is 14.0. The summed E-state index contributed by atoms with van der Waals surface area (Å²) < 4.78 is 62.8. The van der Waals surface area contributed by atoms with Crippen LogP contribution < -0.4 is 88.8 Å². The van der Waals surface area contributed by atoms with E-state index in [9.17, 15) is 51.6 Å². The lowest BCUT2D eigenvalue weighted by Crippen LogP contribution is -2.27. The van der Waals surface area contributed by atoms with Gasteiger partial charge in [0.25, 0.3) is 33.7 Å². The molecule has 5 aliphatic rings. The SMILES string of the molecule is C[C@H](Nc1cc(N)nc(Cl)n1)c1cc2cccc(Cl)c2c(=O)n1C1CC1.C[C@H](Nc1nc(N)ncc1C#N)c1cc2cccc(Cl)c2c(=O)n1C1CC1.C[C@H](Nc1nc(N)ncc1C(F)(F)F)c1cc2cccc(Cl)c2c(=O)n1C1CC1.C[C@H](Nc1nc(N)ncc1C(N)=O)c1cc2cccc(Cl)c2c(=O)n1C1CC1.C[C@H](Nc1nc(N)ncc1F)c1cc2cccc(Cl)c2c(=O)n1C1CC1. The van der Waals surface area contributed by atoms with Crippen molar-refractivity contribution in [1.29, 1.82) is 5.26 Å². The van der Waals surface area contributed by atoms with E-state index in [-0.39, 0.29) is 134 Å². The number of benzene rings is 5. The van der Waals surface area contributed by atoms with E-state index in [1.807, 2.05) is 110 Å². The quantitative estimate of drug-likeness (QED) is 0.0235. The summed E-state index contributed by atoms with van der Waals surface area (Å²) in [6.07, 6.45) is 8.95. The van der Waals surface area contributed by atoms with Crippen LogP contribution in [-0.2, 0) is 6.18 Å². The topological polar surface area (TPSA) is 496 Å². The lowest BCUT2D eigenvalue weighted by Gasteiger charge is -2.23. The Kier molecular flexibility index (Phi) is 27.4. The van der Waals surface area contributed by atoms with Crippen molar-refractivity contribution in [2.24, 2.45) is 5.73 Å². The summed E-state index contributed by atoms with van der Waals surface area (Å²) in [7, 11) is 0. The summed E-state index contributed by atoms with van der Waals surface area (Å²) in [6, 6.07) is 38.9. The Morgan fingerprint density at radius 2 is 0.684 bits per heavy atom. The van der Waals surface area contributed by atoms with Gasteiger partial charge in [-0.05, 0) is 198 Å². The molecule has 43 heteroatoms. The molecule has 10 aromatic heterocycles. The third-order valence-corrected chi connectivity index (χ3v) is 25.2. The highest BCUT2D eigenvalue weighted by atomic mass is 35.5. The Bertz CT molecular complexity index is 7630. The predicted molar refractivity (Wildman–Crippen MR) is 523 cm³/mol. The molecule has 5 fully saturated rings. The van der Waals surface area contributed by atoms with Crippen molar-refractivity contribution in [2.75, 3.05) is 55.3 Å². The maximum Gasteiger partial charge on any atom is 0.421 e. The number of hydrogen-bond acceptors (Lipinski definition) is 27. The highest BCUT2D eigenvalue weighted by molar-refractivity contribution is 6.37. The van der Waals surface area contributed by atoms with Crippen LogP contribution >= 0.6 is 69.6 Å². The smallest absolute Gasteiger partial charge is 0.383 e. The zero-order chi connectivity index (χ0) is 96.9. The first kappa shape index (κ1) is 95.1. The van der Waals surface area contributed by atoms with Gasteiger partial charge in [0.05, 0.1) is 100 Å². The first-order chi connectivity index (χ1) is 64.9. The minimum absolute atomic E-state index is 0.0000204. The summed E-state index contributed by atoms with van der Waals surface area (Å²) in [4.78, 5) is 116. The van der Waals surface area contributed by atoms with Crippen LogP contribution in [0.1, 0.15) is 209 Å². The summed E-state index contributed by atoms with van der Waals surface area (Å²) >= 11 is 37.2. The molecule has 700 valence electrons. The minimum atomic E-state index is -4.65. The summed E-state index contributed by atoms with van der Waals surface area (Å²) in [5.41, 5.74) is 36.0. The largest absolute Gasteiger partial charge is 0.421 e. The van der Waals surface area contributed by atoms with E-state index in [1.54, 1.807) is 81.3 Å². The number of nitriles is 1. The molecule has 0 bridgehead atoms. The Labute approximate surface area is 801 Å². The molecule has 5 aliphatic carbocycles. The number of nitrogens with one attached hydrogen (secondary N) is 5. The van der Waals surface area contributed by atoms with E-state index in [1.165, 1.54) is 12.4 Å². The fraction of sp³-hybridized carbons (Fsp3) is 0.280. The molecule has 0 spiro atoms. The number of nitrogens with two attached hydrogens (primary N) is 6. The van der Waals surface area contributed by atoms with Gasteiger partial charge in [-0.25, -0.2) is 34.3 Å². The van der Waals surface area contributed by atoms with Crippen molar-refractivity contribution >= 4 is 188 Å². The number of aromatic nitrogens is 15. The van der Waals surface area contributed by atoms with E-state index in [2.05, 4.69) is 76.4 Å². The van der Waals surface area contributed by atoms with Gasteiger partial charge in [-0.15, -0.1) is 0 Å². The van der Waals surface area contributed by atoms with Crippen LogP contribution in [0.5, 0.6) is 0 Å². The lowest BCUT2D eigenvalue weighted by molar-refractivity contribution is -0.137. The molecule has 1 amide bonds. The fourth-order valence-electron chi connectivity index (χ4n) is 16.4. The number of carbonyl (C=O) groups is 1. The molecule has 0 radical (unpaired) electrons. The molecule has 0 unspecified atom stereocenters. The molecule has 5 aromatic carbocycles. The van der Waals surface area contributed by atoms with Crippen molar-refractivity contribution in [3.8, 4) is 6.07 Å². The van der Waals surface area contributed by atoms with Gasteiger partial charge < -0.3 is 83.8 Å². The number of primary amides is 1. The first-order valence-electron chi connectivity index (χ1n) is 43.2. The van der Waals surface area contributed by atoms with E-state index >= 15 is 0 Å². The highest BCUT2D eigenvalue weighted by Gasteiger charge is 2.39. The zero-order valence-electron chi connectivity index (χ0n) is 73.1. The monoisotopic (exact) mass is 1960 g/mol.